The van der Waals surface area contributed by atoms with Gasteiger partial charge in [0.1, 0.15) is 6.10 Å². The highest BCUT2D eigenvalue weighted by Gasteiger charge is 2.52. The van der Waals surface area contributed by atoms with Crippen LogP contribution in [-0.2, 0) is 12.0 Å². The quantitative estimate of drug-likeness (QED) is 0.742. The summed E-state index contributed by atoms with van der Waals surface area (Å²) in [7, 11) is 3.97. The molecule has 3 aliphatic rings. The van der Waals surface area contributed by atoms with E-state index in [1.54, 1.807) is 7.11 Å². The first kappa shape index (κ1) is 14.1. The van der Waals surface area contributed by atoms with Gasteiger partial charge in [-0.3, -0.25) is 0 Å². The lowest BCUT2D eigenvalue weighted by atomic mass is 9.67. The molecule has 1 aromatic carbocycles. The molecule has 1 aliphatic carbocycles. The third kappa shape index (κ3) is 1.78. The molecule has 0 aromatic heterocycles. The summed E-state index contributed by atoms with van der Waals surface area (Å²) in [5.41, 5.74) is 4.21. The van der Waals surface area contributed by atoms with Crippen molar-refractivity contribution in [1.82, 2.24) is 4.90 Å². The van der Waals surface area contributed by atoms with Gasteiger partial charge in [0.05, 0.1) is 12.5 Å². The number of allylic oxidation sites excluding steroid dienone is 1. The Hall–Kier alpha value is -1.48. The fourth-order valence-electron chi connectivity index (χ4n) is 4.48. The second-order valence-corrected chi connectivity index (χ2v) is 7.29. The van der Waals surface area contributed by atoms with Crippen molar-refractivity contribution in [2.75, 3.05) is 20.7 Å². The first-order valence-corrected chi connectivity index (χ1v) is 8.30. The smallest absolute Gasteiger partial charge is 0.166 e. The van der Waals surface area contributed by atoms with E-state index in [1.165, 1.54) is 16.7 Å². The molecule has 3 nitrogen and oxygen atoms in total. The molecule has 3 atom stereocenters. The third-order valence-electron chi connectivity index (χ3n) is 5.74. The minimum Gasteiger partial charge on any atom is -0.493 e. The van der Waals surface area contributed by atoms with Crippen molar-refractivity contribution >= 4 is 0 Å². The van der Waals surface area contributed by atoms with Gasteiger partial charge in [-0.2, -0.15) is 0 Å². The van der Waals surface area contributed by atoms with Gasteiger partial charge >= 0.3 is 0 Å². The molecule has 0 amide bonds. The molecular formula is C19H25NO2. The van der Waals surface area contributed by atoms with Crippen molar-refractivity contribution < 1.29 is 9.47 Å². The van der Waals surface area contributed by atoms with Crippen LogP contribution in [0.3, 0.4) is 0 Å². The van der Waals surface area contributed by atoms with Gasteiger partial charge in [-0.15, -0.1) is 0 Å². The zero-order valence-corrected chi connectivity index (χ0v) is 14.0. The minimum absolute atomic E-state index is 0.0429. The number of rotatable bonds is 1. The van der Waals surface area contributed by atoms with Gasteiger partial charge in [0.15, 0.2) is 11.5 Å². The number of methoxy groups -OCH3 is 1. The van der Waals surface area contributed by atoms with E-state index in [0.29, 0.717) is 5.92 Å². The highest BCUT2D eigenvalue weighted by atomic mass is 16.5. The Morgan fingerprint density at radius 2 is 2.23 bits per heavy atom. The predicted molar refractivity (Wildman–Crippen MR) is 87.7 cm³/mol. The summed E-state index contributed by atoms with van der Waals surface area (Å²) in [5.74, 6) is 2.49. The van der Waals surface area contributed by atoms with Gasteiger partial charge in [-0.05, 0) is 56.5 Å². The average Bonchev–Trinajstić information content (AvgIpc) is 2.74. The Labute approximate surface area is 132 Å². The zero-order chi connectivity index (χ0) is 15.5. The summed E-state index contributed by atoms with van der Waals surface area (Å²) >= 11 is 0. The van der Waals surface area contributed by atoms with Gasteiger partial charge in [-0.25, -0.2) is 0 Å². The van der Waals surface area contributed by atoms with E-state index in [0.717, 1.165) is 37.4 Å². The Morgan fingerprint density at radius 1 is 1.41 bits per heavy atom. The third-order valence-corrected chi connectivity index (χ3v) is 5.74. The highest BCUT2D eigenvalue weighted by molar-refractivity contribution is 5.63. The summed E-state index contributed by atoms with van der Waals surface area (Å²) < 4.78 is 12.1. The van der Waals surface area contributed by atoms with Crippen molar-refractivity contribution in [3.05, 3.63) is 34.9 Å². The standard InChI is InChI=1S/C19H25NO2/c1-12-5-6-19-7-8-20(3)11-14-13(2)10-15(21-4)18(17(14)19)22-16(19)9-12/h5-6,10,12,16H,7-9,11H2,1-4H3/t12?,16-,19-/m0/s1. The van der Waals surface area contributed by atoms with Gasteiger partial charge < -0.3 is 14.4 Å². The van der Waals surface area contributed by atoms with Crippen molar-refractivity contribution in [2.24, 2.45) is 5.92 Å². The lowest BCUT2D eigenvalue weighted by Gasteiger charge is -2.36. The van der Waals surface area contributed by atoms with E-state index < -0.39 is 0 Å². The molecule has 1 unspecified atom stereocenters. The SMILES string of the molecule is COc1cc(C)c2c3c1O[C@H]1CC(C)C=C[C@@]31CCN(C)C2. The molecule has 0 radical (unpaired) electrons. The fraction of sp³-hybridized carbons (Fsp3) is 0.579. The number of aryl methyl sites for hydroxylation is 1. The van der Waals surface area contributed by atoms with Crippen LogP contribution in [0.1, 0.15) is 36.5 Å². The van der Waals surface area contributed by atoms with E-state index in [2.05, 4.69) is 44.0 Å². The normalized spacial score (nSPS) is 32.9. The maximum Gasteiger partial charge on any atom is 0.166 e. The first-order valence-electron chi connectivity index (χ1n) is 8.30. The lowest BCUT2D eigenvalue weighted by Crippen LogP contribution is -2.41. The van der Waals surface area contributed by atoms with E-state index in [1.807, 2.05) is 0 Å². The van der Waals surface area contributed by atoms with Gasteiger partial charge in [0.2, 0.25) is 0 Å². The first-order chi connectivity index (χ1) is 10.5. The molecule has 0 N–H and O–H groups in total. The van der Waals surface area contributed by atoms with E-state index in [9.17, 15) is 0 Å². The van der Waals surface area contributed by atoms with Gasteiger partial charge in [-0.1, -0.05) is 19.1 Å². The predicted octanol–water partition coefficient (Wildman–Crippen LogP) is 3.43. The van der Waals surface area contributed by atoms with Crippen molar-refractivity contribution in [3.63, 3.8) is 0 Å². The van der Waals surface area contributed by atoms with E-state index >= 15 is 0 Å². The maximum absolute atomic E-state index is 6.47. The van der Waals surface area contributed by atoms with Crippen LogP contribution in [-0.4, -0.2) is 31.7 Å². The molecular weight excluding hydrogens is 274 g/mol. The highest BCUT2D eigenvalue weighted by Crippen LogP contribution is 2.56. The molecule has 0 fully saturated rings. The molecule has 3 heteroatoms. The van der Waals surface area contributed by atoms with Gasteiger partial charge in [0.25, 0.3) is 0 Å². The molecule has 22 heavy (non-hydrogen) atoms. The summed E-state index contributed by atoms with van der Waals surface area (Å²) in [6.07, 6.45) is 7.31. The fourth-order valence-corrected chi connectivity index (χ4v) is 4.48. The molecule has 0 bridgehead atoms. The number of ether oxygens (including phenoxy) is 2. The maximum atomic E-state index is 6.47. The Balaban J connectivity index is 2.00. The molecule has 4 rings (SSSR count). The average molecular weight is 299 g/mol. The van der Waals surface area contributed by atoms with Crippen molar-refractivity contribution in [2.45, 2.75) is 44.8 Å². The monoisotopic (exact) mass is 299 g/mol. The van der Waals surface area contributed by atoms with Crippen LogP contribution < -0.4 is 9.47 Å². The molecule has 0 saturated heterocycles. The molecule has 1 aromatic rings. The second kappa shape index (κ2) is 4.76. The second-order valence-electron chi connectivity index (χ2n) is 7.29. The van der Waals surface area contributed by atoms with Crippen LogP contribution in [0.2, 0.25) is 0 Å². The van der Waals surface area contributed by atoms with Crippen molar-refractivity contribution in [1.29, 1.82) is 0 Å². The number of nitrogens with zero attached hydrogens (tertiary/aromatic N) is 1. The van der Waals surface area contributed by atoms with Crippen LogP contribution in [0.4, 0.5) is 0 Å². The summed E-state index contributed by atoms with van der Waals surface area (Å²) in [6, 6.07) is 2.14. The molecule has 2 heterocycles. The van der Waals surface area contributed by atoms with Crippen LogP contribution >= 0.6 is 0 Å². The van der Waals surface area contributed by atoms with Gasteiger partial charge in [0, 0.05) is 12.1 Å². The van der Waals surface area contributed by atoms with Crippen LogP contribution in [0, 0.1) is 12.8 Å². The van der Waals surface area contributed by atoms with E-state index in [-0.39, 0.29) is 11.5 Å². The van der Waals surface area contributed by atoms with Crippen LogP contribution in [0.25, 0.3) is 0 Å². The Kier molecular flexibility index (Phi) is 3.06. The minimum atomic E-state index is 0.0429. The topological polar surface area (TPSA) is 21.7 Å². The molecule has 2 aliphatic heterocycles. The van der Waals surface area contributed by atoms with E-state index in [4.69, 9.17) is 9.47 Å². The largest absolute Gasteiger partial charge is 0.493 e. The molecule has 1 spiro atoms. The zero-order valence-electron chi connectivity index (χ0n) is 14.0. The summed E-state index contributed by atoms with van der Waals surface area (Å²) in [4.78, 5) is 2.44. The summed E-state index contributed by atoms with van der Waals surface area (Å²) in [5, 5.41) is 0. The number of hydrogen-bond acceptors (Lipinski definition) is 3. The van der Waals surface area contributed by atoms with Crippen LogP contribution in [0.5, 0.6) is 11.5 Å². The van der Waals surface area contributed by atoms with Crippen molar-refractivity contribution in [3.8, 4) is 11.5 Å². The lowest BCUT2D eigenvalue weighted by molar-refractivity contribution is 0.127. The molecule has 118 valence electrons. The number of hydrogen-bond donors (Lipinski definition) is 0. The molecule has 0 saturated carbocycles. The Morgan fingerprint density at radius 3 is 3.00 bits per heavy atom. The summed E-state index contributed by atoms with van der Waals surface area (Å²) in [6.45, 7) is 6.59. The number of benzene rings is 1. The van der Waals surface area contributed by atoms with Crippen LogP contribution in [0.15, 0.2) is 18.2 Å². The Bertz CT molecular complexity index is 651.